The first-order chi connectivity index (χ1) is 15.5. The molecule has 8 heteroatoms. The smallest absolute Gasteiger partial charge is 0.276 e. The number of aromatic nitrogens is 5. The summed E-state index contributed by atoms with van der Waals surface area (Å²) in [7, 11) is 0. The molecule has 0 N–H and O–H groups in total. The molecule has 0 radical (unpaired) electrons. The second-order valence-electron chi connectivity index (χ2n) is 9.39. The number of likely N-dealkylation sites (tertiary alicyclic amines) is 1. The summed E-state index contributed by atoms with van der Waals surface area (Å²) in [6.45, 7) is 6.05. The van der Waals surface area contributed by atoms with E-state index in [0.29, 0.717) is 37.0 Å². The number of hydrogen-bond donors (Lipinski definition) is 0. The summed E-state index contributed by atoms with van der Waals surface area (Å²) in [5, 5.41) is 8.88. The van der Waals surface area contributed by atoms with Crippen LogP contribution in [0.3, 0.4) is 0 Å². The number of rotatable bonds is 7. The third kappa shape index (κ3) is 4.31. The van der Waals surface area contributed by atoms with E-state index in [1.54, 1.807) is 6.20 Å². The van der Waals surface area contributed by atoms with Crippen molar-refractivity contribution in [3.05, 3.63) is 47.7 Å². The molecule has 1 aliphatic carbocycles. The summed E-state index contributed by atoms with van der Waals surface area (Å²) in [6, 6.07) is 7.70. The highest BCUT2D eigenvalue weighted by Gasteiger charge is 2.45. The quantitative estimate of drug-likeness (QED) is 0.563. The van der Waals surface area contributed by atoms with Crippen LogP contribution in [-0.2, 0) is 16.8 Å². The molecule has 1 atom stereocenters. The molecule has 1 saturated carbocycles. The topological polar surface area (TPSA) is 89.9 Å². The minimum atomic E-state index is -0.246. The molecule has 5 rings (SSSR count). The third-order valence-electron chi connectivity index (χ3n) is 6.73. The fourth-order valence-electron chi connectivity index (χ4n) is 4.95. The Balaban J connectivity index is 1.34. The average molecular weight is 435 g/mol. The molecule has 3 aromatic heterocycles. The largest absolute Gasteiger partial charge is 0.342 e. The monoisotopic (exact) mass is 434 g/mol. The lowest BCUT2D eigenvalue weighted by atomic mass is 9.74. The lowest BCUT2D eigenvalue weighted by Gasteiger charge is -2.41. The van der Waals surface area contributed by atoms with Gasteiger partial charge in [0.15, 0.2) is 5.82 Å². The van der Waals surface area contributed by atoms with Gasteiger partial charge in [0.1, 0.15) is 5.69 Å². The van der Waals surface area contributed by atoms with E-state index in [4.69, 9.17) is 9.51 Å². The lowest BCUT2D eigenvalue weighted by molar-refractivity contribution is -0.134. The Morgan fingerprint density at radius 3 is 2.88 bits per heavy atom. The maximum absolute atomic E-state index is 13.1. The second-order valence-corrected chi connectivity index (χ2v) is 9.39. The second kappa shape index (κ2) is 8.48. The van der Waals surface area contributed by atoms with Gasteiger partial charge in [-0.15, -0.1) is 0 Å². The molecule has 4 heterocycles. The van der Waals surface area contributed by atoms with Gasteiger partial charge in [-0.05, 0) is 57.2 Å². The van der Waals surface area contributed by atoms with Gasteiger partial charge in [-0.3, -0.25) is 14.5 Å². The summed E-state index contributed by atoms with van der Waals surface area (Å²) < 4.78 is 7.53. The molecule has 3 aromatic rings. The fourth-order valence-corrected chi connectivity index (χ4v) is 4.95. The first-order valence-electron chi connectivity index (χ1n) is 11.6. The van der Waals surface area contributed by atoms with Crippen molar-refractivity contribution in [2.75, 3.05) is 13.1 Å². The van der Waals surface area contributed by atoms with Gasteiger partial charge in [0.25, 0.3) is 5.89 Å². The number of carbonyl (C=O) groups is 1. The van der Waals surface area contributed by atoms with E-state index in [9.17, 15) is 4.79 Å². The number of carbonyl (C=O) groups excluding carboxylic acids is 1. The Kier molecular flexibility index (Phi) is 5.53. The van der Waals surface area contributed by atoms with E-state index < -0.39 is 0 Å². The van der Waals surface area contributed by atoms with Crippen LogP contribution in [0.1, 0.15) is 55.7 Å². The van der Waals surface area contributed by atoms with Gasteiger partial charge in [0.05, 0.1) is 11.1 Å². The number of piperidine rings is 1. The van der Waals surface area contributed by atoms with Crippen molar-refractivity contribution in [1.82, 2.24) is 29.8 Å². The van der Waals surface area contributed by atoms with Crippen LogP contribution < -0.4 is 0 Å². The maximum Gasteiger partial charge on any atom is 0.276 e. The minimum absolute atomic E-state index is 0.172. The molecule has 2 aliphatic rings. The predicted molar refractivity (Wildman–Crippen MR) is 119 cm³/mol. The molecule has 168 valence electrons. The first kappa shape index (κ1) is 20.8. The highest BCUT2D eigenvalue weighted by Crippen LogP contribution is 2.46. The van der Waals surface area contributed by atoms with Crippen LogP contribution >= 0.6 is 0 Å². The summed E-state index contributed by atoms with van der Waals surface area (Å²) in [6.07, 6.45) is 7.61. The van der Waals surface area contributed by atoms with E-state index in [2.05, 4.69) is 15.2 Å². The number of amides is 1. The van der Waals surface area contributed by atoms with Crippen LogP contribution in [0, 0.1) is 19.8 Å². The van der Waals surface area contributed by atoms with Crippen LogP contribution in [-0.4, -0.2) is 48.8 Å². The minimum Gasteiger partial charge on any atom is -0.342 e. The maximum atomic E-state index is 13.1. The highest BCUT2D eigenvalue weighted by atomic mass is 16.5. The van der Waals surface area contributed by atoms with Crippen molar-refractivity contribution in [3.8, 4) is 11.6 Å². The summed E-state index contributed by atoms with van der Waals surface area (Å²) in [5.41, 5.74) is 2.51. The molecule has 8 nitrogen and oxygen atoms in total. The Labute approximate surface area is 188 Å². The molecule has 0 bridgehead atoms. The van der Waals surface area contributed by atoms with Gasteiger partial charge in [-0.1, -0.05) is 24.1 Å². The summed E-state index contributed by atoms with van der Waals surface area (Å²) in [5.74, 6) is 2.03. The standard InChI is InChI=1S/C24H30N6O2/c1-17-14-18(2)30(27-17)13-9-21(31)29-12-5-10-24(16-29,15-19-7-8-19)23-26-22(32-28-23)20-6-3-4-11-25-20/h3-4,6,11,14,19H,5,7-10,12-13,15-16H2,1-2H3. The van der Waals surface area contributed by atoms with Gasteiger partial charge in [-0.25, -0.2) is 0 Å². The van der Waals surface area contributed by atoms with Crippen LogP contribution in [0.2, 0.25) is 0 Å². The molecule has 0 aromatic carbocycles. The number of aryl methyl sites for hydroxylation is 3. The van der Waals surface area contributed by atoms with Crippen LogP contribution in [0.5, 0.6) is 0 Å². The van der Waals surface area contributed by atoms with Gasteiger partial charge < -0.3 is 9.42 Å². The highest BCUT2D eigenvalue weighted by molar-refractivity contribution is 5.76. The van der Waals surface area contributed by atoms with Crippen molar-refractivity contribution in [1.29, 1.82) is 0 Å². The predicted octanol–water partition coefficient (Wildman–Crippen LogP) is 3.70. The van der Waals surface area contributed by atoms with Crippen molar-refractivity contribution in [2.24, 2.45) is 5.92 Å². The van der Waals surface area contributed by atoms with E-state index >= 15 is 0 Å². The zero-order valence-corrected chi connectivity index (χ0v) is 18.8. The Bertz CT molecular complexity index is 1090. The van der Waals surface area contributed by atoms with Crippen LogP contribution in [0.25, 0.3) is 11.6 Å². The molecule has 1 aliphatic heterocycles. The first-order valence-corrected chi connectivity index (χ1v) is 11.6. The zero-order chi connectivity index (χ0) is 22.1. The van der Waals surface area contributed by atoms with Crippen molar-refractivity contribution in [3.63, 3.8) is 0 Å². The van der Waals surface area contributed by atoms with E-state index in [0.717, 1.165) is 43.0 Å². The van der Waals surface area contributed by atoms with Gasteiger partial charge in [0, 0.05) is 37.9 Å². The Morgan fingerprint density at radius 2 is 2.16 bits per heavy atom. The van der Waals surface area contributed by atoms with Crippen molar-refractivity contribution in [2.45, 2.75) is 64.3 Å². The zero-order valence-electron chi connectivity index (χ0n) is 18.8. The van der Waals surface area contributed by atoms with E-state index in [-0.39, 0.29) is 11.3 Å². The molecular weight excluding hydrogens is 404 g/mol. The molecule has 1 saturated heterocycles. The SMILES string of the molecule is Cc1cc(C)n(CCC(=O)N2CCCC(CC3CC3)(c3noc(-c4ccccn4)n3)C2)n1. The fraction of sp³-hybridized carbons (Fsp3) is 0.542. The van der Waals surface area contributed by atoms with Crippen LogP contribution in [0.15, 0.2) is 35.0 Å². The van der Waals surface area contributed by atoms with Crippen LogP contribution in [0.4, 0.5) is 0 Å². The number of nitrogens with zero attached hydrogens (tertiary/aromatic N) is 6. The average Bonchev–Trinajstić information content (AvgIpc) is 3.34. The molecule has 1 amide bonds. The Morgan fingerprint density at radius 1 is 1.28 bits per heavy atom. The van der Waals surface area contributed by atoms with Gasteiger partial charge in [-0.2, -0.15) is 10.1 Å². The van der Waals surface area contributed by atoms with Gasteiger partial charge >= 0.3 is 0 Å². The summed E-state index contributed by atoms with van der Waals surface area (Å²) in [4.78, 5) is 24.3. The molecule has 32 heavy (non-hydrogen) atoms. The molecule has 2 fully saturated rings. The van der Waals surface area contributed by atoms with Crippen molar-refractivity contribution >= 4 is 5.91 Å². The van der Waals surface area contributed by atoms with E-state index in [1.165, 1.54) is 12.8 Å². The van der Waals surface area contributed by atoms with Crippen molar-refractivity contribution < 1.29 is 9.32 Å². The van der Waals surface area contributed by atoms with E-state index in [1.807, 2.05) is 47.7 Å². The normalized spacial score (nSPS) is 21.1. The lowest BCUT2D eigenvalue weighted by Crippen LogP contribution is -2.49. The molecule has 0 spiro atoms. The number of pyridine rings is 1. The number of hydrogen-bond acceptors (Lipinski definition) is 6. The molecule has 1 unspecified atom stereocenters. The third-order valence-corrected chi connectivity index (χ3v) is 6.73. The molecular formula is C24H30N6O2. The van der Waals surface area contributed by atoms with Gasteiger partial charge in [0.2, 0.25) is 5.91 Å². The Hall–Kier alpha value is -3.03. The summed E-state index contributed by atoms with van der Waals surface area (Å²) >= 11 is 0.